The lowest BCUT2D eigenvalue weighted by Gasteiger charge is -2.21. The number of esters is 1. The Morgan fingerprint density at radius 2 is 1.82 bits per heavy atom. The lowest BCUT2D eigenvalue weighted by Crippen LogP contribution is -2.31. The zero-order valence-electron chi connectivity index (χ0n) is 13.6. The first kappa shape index (κ1) is 21.7. The van der Waals surface area contributed by atoms with E-state index in [1.165, 1.54) is 42.8 Å². The summed E-state index contributed by atoms with van der Waals surface area (Å²) in [5.74, 6) is -0.694. The molecule has 0 saturated heterocycles. The van der Waals surface area contributed by atoms with Crippen LogP contribution in [0.5, 0.6) is 0 Å². The first-order valence-electron chi connectivity index (χ1n) is 7.54. The van der Waals surface area contributed by atoms with Gasteiger partial charge in [0.1, 0.15) is 8.28 Å². The summed E-state index contributed by atoms with van der Waals surface area (Å²) < 4.78 is 5.14. The highest BCUT2D eigenvalue weighted by molar-refractivity contribution is 8.47. The summed E-state index contributed by atoms with van der Waals surface area (Å²) in [6.45, 7) is 6.17. The first-order valence-corrected chi connectivity index (χ1v) is 9.75. The molecule has 0 aliphatic heterocycles. The molecule has 0 saturated carbocycles. The van der Waals surface area contributed by atoms with Crippen LogP contribution in [-0.2, 0) is 14.3 Å². The molecular formula is C15H26O4S3. The van der Waals surface area contributed by atoms with E-state index in [-0.39, 0.29) is 12.4 Å². The van der Waals surface area contributed by atoms with Gasteiger partial charge >= 0.3 is 11.9 Å². The second kappa shape index (κ2) is 12.2. The monoisotopic (exact) mass is 366 g/mol. The molecule has 0 aliphatic rings. The van der Waals surface area contributed by atoms with Crippen LogP contribution in [0.2, 0.25) is 0 Å². The van der Waals surface area contributed by atoms with Gasteiger partial charge in [-0.15, -0.1) is 11.8 Å². The Kier molecular flexibility index (Phi) is 12.0. The van der Waals surface area contributed by atoms with Crippen molar-refractivity contribution in [3.05, 3.63) is 0 Å². The molecule has 7 heteroatoms. The van der Waals surface area contributed by atoms with Crippen molar-refractivity contribution in [3.63, 3.8) is 0 Å². The quantitative estimate of drug-likeness (QED) is 0.328. The number of aliphatic carboxylic acids is 1. The van der Waals surface area contributed by atoms with Crippen LogP contribution in [0.4, 0.5) is 0 Å². The average Bonchev–Trinajstić information content (AvgIpc) is 2.41. The number of carbonyl (C=O) groups excluding carboxylic acids is 1. The van der Waals surface area contributed by atoms with Crippen LogP contribution in [0, 0.1) is 0 Å². The van der Waals surface area contributed by atoms with Crippen LogP contribution in [0.25, 0.3) is 0 Å². The third-order valence-electron chi connectivity index (χ3n) is 2.85. The van der Waals surface area contributed by atoms with E-state index in [0.29, 0.717) is 15.9 Å². The molecule has 0 heterocycles. The molecule has 128 valence electrons. The van der Waals surface area contributed by atoms with Crippen molar-refractivity contribution in [1.29, 1.82) is 0 Å². The highest BCUT2D eigenvalue weighted by Crippen LogP contribution is 2.32. The molecule has 0 amide bonds. The fourth-order valence-electron chi connectivity index (χ4n) is 1.55. The molecule has 0 rings (SSSR count). The lowest BCUT2D eigenvalue weighted by atomic mass is 10.2. The SMILES string of the molecule is CCCCCCCOC(=O)C(C)(C)SC(=S)SCCC(=O)O. The molecule has 0 aromatic heterocycles. The van der Waals surface area contributed by atoms with Crippen LogP contribution < -0.4 is 0 Å². The maximum Gasteiger partial charge on any atom is 0.322 e. The summed E-state index contributed by atoms with van der Waals surface area (Å²) in [7, 11) is 0. The third kappa shape index (κ3) is 11.3. The number of thioether (sulfide) groups is 2. The summed E-state index contributed by atoms with van der Waals surface area (Å²) in [5, 5.41) is 8.58. The van der Waals surface area contributed by atoms with Crippen molar-refractivity contribution in [3.8, 4) is 0 Å². The number of carbonyl (C=O) groups is 2. The Morgan fingerprint density at radius 1 is 1.18 bits per heavy atom. The average molecular weight is 367 g/mol. The van der Waals surface area contributed by atoms with E-state index in [2.05, 4.69) is 6.92 Å². The summed E-state index contributed by atoms with van der Waals surface area (Å²) in [4.78, 5) is 22.5. The number of hydrogen-bond acceptors (Lipinski definition) is 6. The minimum absolute atomic E-state index is 0.0635. The fraction of sp³-hybridized carbons (Fsp3) is 0.800. The van der Waals surface area contributed by atoms with E-state index in [9.17, 15) is 9.59 Å². The number of thiocarbonyl (C=S) groups is 1. The van der Waals surface area contributed by atoms with Gasteiger partial charge in [0.25, 0.3) is 0 Å². The van der Waals surface area contributed by atoms with Crippen LogP contribution in [0.15, 0.2) is 0 Å². The lowest BCUT2D eigenvalue weighted by molar-refractivity contribution is -0.145. The van der Waals surface area contributed by atoms with Crippen molar-refractivity contribution >= 4 is 51.2 Å². The molecule has 0 radical (unpaired) electrons. The van der Waals surface area contributed by atoms with E-state index in [4.69, 9.17) is 22.1 Å². The fourth-order valence-corrected chi connectivity index (χ4v) is 4.53. The second-order valence-electron chi connectivity index (χ2n) is 5.40. The van der Waals surface area contributed by atoms with Gasteiger partial charge in [-0.05, 0) is 20.3 Å². The molecule has 0 aromatic carbocycles. The van der Waals surface area contributed by atoms with Gasteiger partial charge in [-0.2, -0.15) is 0 Å². The standard InChI is InChI=1S/C15H26O4S3/c1-4-5-6-7-8-10-19-13(18)15(2,3)22-14(20)21-11-9-12(16)17/h4-11H2,1-3H3,(H,16,17). The van der Waals surface area contributed by atoms with Crippen LogP contribution in [0.1, 0.15) is 59.3 Å². The zero-order valence-corrected chi connectivity index (χ0v) is 16.0. The van der Waals surface area contributed by atoms with Crippen molar-refractivity contribution in [2.75, 3.05) is 12.4 Å². The van der Waals surface area contributed by atoms with Gasteiger partial charge in [-0.3, -0.25) is 9.59 Å². The van der Waals surface area contributed by atoms with Gasteiger partial charge in [0.15, 0.2) is 0 Å². The van der Waals surface area contributed by atoms with Gasteiger partial charge < -0.3 is 9.84 Å². The molecule has 0 aliphatic carbocycles. The van der Waals surface area contributed by atoms with Gasteiger partial charge in [-0.1, -0.05) is 56.6 Å². The Morgan fingerprint density at radius 3 is 2.41 bits per heavy atom. The topological polar surface area (TPSA) is 63.6 Å². The van der Waals surface area contributed by atoms with Gasteiger partial charge in [0, 0.05) is 5.75 Å². The predicted octanol–water partition coefficient (Wildman–Crippen LogP) is 4.50. The molecule has 0 atom stereocenters. The zero-order chi connectivity index (χ0) is 17.0. The number of hydrogen-bond donors (Lipinski definition) is 1. The van der Waals surface area contributed by atoms with Crippen LogP contribution in [-0.4, -0.2) is 37.7 Å². The molecule has 0 aromatic rings. The summed E-state index contributed by atoms with van der Waals surface area (Å²) in [6.07, 6.45) is 5.63. The van der Waals surface area contributed by atoms with Crippen LogP contribution in [0.3, 0.4) is 0 Å². The summed E-state index contributed by atoms with van der Waals surface area (Å²) >= 11 is 7.73. The van der Waals surface area contributed by atoms with Gasteiger partial charge in [0.2, 0.25) is 0 Å². The van der Waals surface area contributed by atoms with Gasteiger partial charge in [-0.25, -0.2) is 0 Å². The number of unbranched alkanes of at least 4 members (excludes halogenated alkanes) is 4. The number of ether oxygens (including phenoxy) is 1. The molecular weight excluding hydrogens is 340 g/mol. The molecule has 0 unspecified atom stereocenters. The minimum Gasteiger partial charge on any atom is -0.481 e. The van der Waals surface area contributed by atoms with Crippen molar-refractivity contribution < 1.29 is 19.4 Å². The van der Waals surface area contributed by atoms with E-state index in [0.717, 1.165) is 12.8 Å². The molecule has 0 spiro atoms. The maximum absolute atomic E-state index is 12.1. The highest BCUT2D eigenvalue weighted by atomic mass is 32.2. The minimum atomic E-state index is -0.845. The Balaban J connectivity index is 3.95. The number of rotatable bonds is 11. The van der Waals surface area contributed by atoms with E-state index in [1.54, 1.807) is 13.8 Å². The maximum atomic E-state index is 12.1. The Bertz CT molecular complexity index is 370. The first-order chi connectivity index (χ1) is 10.3. The summed E-state index contributed by atoms with van der Waals surface area (Å²) in [6, 6.07) is 0. The normalized spacial score (nSPS) is 11.2. The van der Waals surface area contributed by atoms with Crippen molar-refractivity contribution in [2.24, 2.45) is 0 Å². The second-order valence-corrected chi connectivity index (χ2v) is 9.33. The third-order valence-corrected chi connectivity index (χ3v) is 5.54. The Labute approximate surface area is 147 Å². The molecule has 1 N–H and O–H groups in total. The number of carboxylic acid groups (broad SMARTS) is 1. The molecule has 0 fully saturated rings. The summed E-state index contributed by atoms with van der Waals surface area (Å²) in [5.41, 5.74) is 0. The van der Waals surface area contributed by atoms with E-state index >= 15 is 0 Å². The predicted molar refractivity (Wildman–Crippen MR) is 98.7 cm³/mol. The molecule has 4 nitrogen and oxygen atoms in total. The van der Waals surface area contributed by atoms with Crippen molar-refractivity contribution in [2.45, 2.75) is 64.0 Å². The van der Waals surface area contributed by atoms with Gasteiger partial charge in [0.05, 0.1) is 13.0 Å². The van der Waals surface area contributed by atoms with Crippen molar-refractivity contribution in [1.82, 2.24) is 0 Å². The molecule has 0 bridgehead atoms. The smallest absolute Gasteiger partial charge is 0.322 e. The largest absolute Gasteiger partial charge is 0.481 e. The van der Waals surface area contributed by atoms with E-state index < -0.39 is 10.7 Å². The Hall–Kier alpha value is -0.270. The van der Waals surface area contributed by atoms with E-state index in [1.807, 2.05) is 0 Å². The van der Waals surface area contributed by atoms with Crippen LogP contribution >= 0.6 is 35.7 Å². The number of carboxylic acids is 1. The highest BCUT2D eigenvalue weighted by Gasteiger charge is 2.31. The molecule has 22 heavy (non-hydrogen) atoms.